The predicted molar refractivity (Wildman–Crippen MR) is 103 cm³/mol. The van der Waals surface area contributed by atoms with Crippen molar-refractivity contribution >= 4 is 23.2 Å². The van der Waals surface area contributed by atoms with Crippen LogP contribution in [0.15, 0.2) is 60.7 Å². The first-order chi connectivity index (χ1) is 12.7. The molecule has 0 saturated carbocycles. The minimum atomic E-state index is -0.0249. The number of aromatic nitrogens is 2. The number of nitrogens with one attached hydrogen (secondary N) is 2. The predicted octanol–water partition coefficient (Wildman–Crippen LogP) is 4.06. The topological polar surface area (TPSA) is 61.0 Å². The van der Waals surface area contributed by atoms with E-state index in [-0.39, 0.29) is 11.9 Å². The minimum absolute atomic E-state index is 0.0249. The van der Waals surface area contributed by atoms with Crippen molar-refractivity contribution < 1.29 is 4.79 Å². The third kappa shape index (κ3) is 3.58. The third-order valence-electron chi connectivity index (χ3n) is 4.55. The van der Waals surface area contributed by atoms with E-state index in [0.29, 0.717) is 23.0 Å². The van der Waals surface area contributed by atoms with Gasteiger partial charge in [0.2, 0.25) is 0 Å². The Morgan fingerprint density at radius 1 is 1.15 bits per heavy atom. The number of likely N-dealkylation sites (tertiary alicyclic amines) is 1. The summed E-state index contributed by atoms with van der Waals surface area (Å²) in [5.74, 6) is -0.0249. The van der Waals surface area contributed by atoms with E-state index in [1.54, 1.807) is 6.07 Å². The Kier molecular flexibility index (Phi) is 4.63. The average Bonchev–Trinajstić information content (AvgIpc) is 3.32. The second-order valence-electron chi connectivity index (χ2n) is 6.42. The second-order valence-corrected chi connectivity index (χ2v) is 6.86. The Morgan fingerprint density at radius 3 is 2.81 bits per heavy atom. The van der Waals surface area contributed by atoms with Gasteiger partial charge in [0.15, 0.2) is 0 Å². The van der Waals surface area contributed by atoms with Crippen LogP contribution in [-0.4, -0.2) is 40.1 Å². The summed E-state index contributed by atoms with van der Waals surface area (Å²) in [6.07, 6.45) is 0.927. The Bertz CT molecular complexity index is 909. The highest BCUT2D eigenvalue weighted by atomic mass is 35.5. The lowest BCUT2D eigenvalue weighted by Gasteiger charge is -2.17. The number of carbonyl (C=O) groups excluding carboxylic acids is 1. The van der Waals surface area contributed by atoms with Gasteiger partial charge in [0, 0.05) is 35.4 Å². The quantitative estimate of drug-likeness (QED) is 0.732. The van der Waals surface area contributed by atoms with Gasteiger partial charge in [0.1, 0.15) is 5.69 Å². The molecule has 0 radical (unpaired) electrons. The smallest absolute Gasteiger partial charge is 0.271 e. The molecule has 1 aliphatic heterocycles. The van der Waals surface area contributed by atoms with E-state index in [1.165, 1.54) is 0 Å². The van der Waals surface area contributed by atoms with Gasteiger partial charge in [-0.05, 0) is 36.8 Å². The molecule has 4 rings (SSSR count). The molecular weight excluding hydrogens is 348 g/mol. The molecule has 0 bridgehead atoms. The van der Waals surface area contributed by atoms with Crippen molar-refractivity contribution in [2.24, 2.45) is 0 Å². The van der Waals surface area contributed by atoms with Crippen LogP contribution >= 0.6 is 11.6 Å². The molecule has 1 amide bonds. The summed E-state index contributed by atoms with van der Waals surface area (Å²) in [6.45, 7) is 1.41. The fourth-order valence-electron chi connectivity index (χ4n) is 3.23. The van der Waals surface area contributed by atoms with Crippen LogP contribution in [0.1, 0.15) is 16.9 Å². The highest BCUT2D eigenvalue weighted by molar-refractivity contribution is 6.30. The van der Waals surface area contributed by atoms with Crippen LogP contribution < -0.4 is 5.32 Å². The highest BCUT2D eigenvalue weighted by Gasteiger charge is 2.28. The molecule has 132 valence electrons. The van der Waals surface area contributed by atoms with E-state index in [1.807, 2.05) is 59.5 Å². The number of nitrogens with zero attached hydrogens (tertiary/aromatic N) is 2. The van der Waals surface area contributed by atoms with E-state index in [9.17, 15) is 4.79 Å². The lowest BCUT2D eigenvalue weighted by molar-refractivity contribution is 0.0786. The molecule has 2 N–H and O–H groups in total. The second kappa shape index (κ2) is 7.22. The van der Waals surface area contributed by atoms with E-state index in [4.69, 9.17) is 11.6 Å². The molecule has 1 saturated heterocycles. The molecule has 5 nitrogen and oxygen atoms in total. The first-order valence-electron chi connectivity index (χ1n) is 8.61. The molecule has 0 aliphatic carbocycles. The third-order valence-corrected chi connectivity index (χ3v) is 4.78. The van der Waals surface area contributed by atoms with Crippen LogP contribution in [0.5, 0.6) is 0 Å². The molecule has 1 unspecified atom stereocenters. The maximum Gasteiger partial charge on any atom is 0.271 e. The van der Waals surface area contributed by atoms with Crippen LogP contribution in [0, 0.1) is 0 Å². The number of aromatic amines is 1. The minimum Gasteiger partial charge on any atom is -0.380 e. The number of para-hydroxylation sites is 1. The molecule has 3 aromatic rings. The van der Waals surface area contributed by atoms with Gasteiger partial charge in [-0.1, -0.05) is 41.9 Å². The standard InChI is InChI=1S/C20H19ClN4O/c21-15-6-4-5-14(11-15)18-12-19(24-23-18)20(26)25-10-9-17(13-25)22-16-7-2-1-3-8-16/h1-8,11-12,17,22H,9-10,13H2,(H,23,24). The Hall–Kier alpha value is -2.79. The molecule has 0 spiro atoms. The molecule has 2 aromatic carbocycles. The summed E-state index contributed by atoms with van der Waals surface area (Å²) in [7, 11) is 0. The Balaban J connectivity index is 1.42. The maximum atomic E-state index is 12.8. The van der Waals surface area contributed by atoms with E-state index in [2.05, 4.69) is 15.5 Å². The fourth-order valence-corrected chi connectivity index (χ4v) is 3.42. The van der Waals surface area contributed by atoms with Gasteiger partial charge >= 0.3 is 0 Å². The van der Waals surface area contributed by atoms with Crippen LogP contribution in [0.25, 0.3) is 11.3 Å². The van der Waals surface area contributed by atoms with Gasteiger partial charge in [0.05, 0.1) is 5.69 Å². The van der Waals surface area contributed by atoms with Crippen molar-refractivity contribution in [1.29, 1.82) is 0 Å². The highest BCUT2D eigenvalue weighted by Crippen LogP contribution is 2.23. The first-order valence-corrected chi connectivity index (χ1v) is 8.99. The van der Waals surface area contributed by atoms with Crippen molar-refractivity contribution in [2.75, 3.05) is 18.4 Å². The van der Waals surface area contributed by atoms with E-state index >= 15 is 0 Å². The lowest BCUT2D eigenvalue weighted by Crippen LogP contribution is -2.31. The van der Waals surface area contributed by atoms with Crippen LogP contribution in [0.4, 0.5) is 5.69 Å². The summed E-state index contributed by atoms with van der Waals surface area (Å²) < 4.78 is 0. The molecule has 1 aromatic heterocycles. The SMILES string of the molecule is O=C(c1cc(-c2cccc(Cl)c2)n[nH]1)N1CCC(Nc2ccccc2)C1. The number of H-pyrrole nitrogens is 1. The average molecular weight is 367 g/mol. The number of hydrogen-bond acceptors (Lipinski definition) is 3. The zero-order chi connectivity index (χ0) is 17.9. The number of halogens is 1. The number of carbonyl (C=O) groups is 1. The van der Waals surface area contributed by atoms with Gasteiger partial charge in [0.25, 0.3) is 5.91 Å². The van der Waals surface area contributed by atoms with Crippen LogP contribution in [0.3, 0.4) is 0 Å². The van der Waals surface area contributed by atoms with Gasteiger partial charge in [-0.25, -0.2) is 0 Å². The zero-order valence-electron chi connectivity index (χ0n) is 14.2. The summed E-state index contributed by atoms with van der Waals surface area (Å²) >= 11 is 6.03. The van der Waals surface area contributed by atoms with Gasteiger partial charge in [-0.15, -0.1) is 0 Å². The number of anilines is 1. The molecule has 26 heavy (non-hydrogen) atoms. The molecule has 1 atom stereocenters. The maximum absolute atomic E-state index is 12.8. The van der Waals surface area contributed by atoms with Crippen molar-refractivity contribution in [2.45, 2.75) is 12.5 Å². The van der Waals surface area contributed by atoms with E-state index < -0.39 is 0 Å². The number of rotatable bonds is 4. The monoisotopic (exact) mass is 366 g/mol. The largest absolute Gasteiger partial charge is 0.380 e. The van der Waals surface area contributed by atoms with Gasteiger partial charge in [-0.3, -0.25) is 9.89 Å². The number of benzene rings is 2. The lowest BCUT2D eigenvalue weighted by atomic mass is 10.1. The summed E-state index contributed by atoms with van der Waals surface area (Å²) in [5, 5.41) is 11.2. The van der Waals surface area contributed by atoms with Crippen molar-refractivity contribution in [3.05, 3.63) is 71.4 Å². The summed E-state index contributed by atoms with van der Waals surface area (Å²) in [5.41, 5.74) is 3.18. The van der Waals surface area contributed by atoms with Crippen molar-refractivity contribution in [1.82, 2.24) is 15.1 Å². The summed E-state index contributed by atoms with van der Waals surface area (Å²) in [4.78, 5) is 14.6. The first kappa shape index (κ1) is 16.7. The molecular formula is C20H19ClN4O. The molecule has 6 heteroatoms. The fraction of sp³-hybridized carbons (Fsp3) is 0.200. The van der Waals surface area contributed by atoms with Gasteiger partial charge < -0.3 is 10.2 Å². The molecule has 1 fully saturated rings. The van der Waals surface area contributed by atoms with Crippen molar-refractivity contribution in [3.8, 4) is 11.3 Å². The van der Waals surface area contributed by atoms with E-state index in [0.717, 1.165) is 24.2 Å². The molecule has 1 aliphatic rings. The van der Waals surface area contributed by atoms with Gasteiger partial charge in [-0.2, -0.15) is 5.10 Å². The summed E-state index contributed by atoms with van der Waals surface area (Å²) in [6, 6.07) is 19.6. The Labute approximate surface area is 157 Å². The van der Waals surface area contributed by atoms with Crippen LogP contribution in [0.2, 0.25) is 5.02 Å². The normalized spacial score (nSPS) is 16.7. The van der Waals surface area contributed by atoms with Crippen molar-refractivity contribution in [3.63, 3.8) is 0 Å². The van der Waals surface area contributed by atoms with Crippen LogP contribution in [-0.2, 0) is 0 Å². The Morgan fingerprint density at radius 2 is 2.00 bits per heavy atom. The molecule has 2 heterocycles. The number of amides is 1. The number of hydrogen-bond donors (Lipinski definition) is 2. The zero-order valence-corrected chi connectivity index (χ0v) is 14.9.